The van der Waals surface area contributed by atoms with Crippen molar-refractivity contribution in [2.45, 2.75) is 13.1 Å². The number of alkyl halides is 3. The van der Waals surface area contributed by atoms with Crippen LogP contribution in [0.3, 0.4) is 0 Å². The summed E-state index contributed by atoms with van der Waals surface area (Å²) < 4.78 is 54.9. The first-order valence-electron chi connectivity index (χ1n) is 9.86. The number of hydrogen-bond donors (Lipinski definition) is 2. The number of ether oxygens (including phenoxy) is 2. The van der Waals surface area contributed by atoms with Crippen molar-refractivity contribution in [3.63, 3.8) is 0 Å². The highest BCUT2D eigenvalue weighted by Crippen LogP contribution is 2.39. The maximum Gasteiger partial charge on any atom is 0.418 e. The van der Waals surface area contributed by atoms with E-state index in [4.69, 9.17) is 9.47 Å². The van der Waals surface area contributed by atoms with Gasteiger partial charge in [0.25, 0.3) is 5.91 Å². The number of nitrogens with one attached hydrogen (secondary N) is 2. The molecule has 0 aliphatic rings. The Hall–Kier alpha value is -3.29. The summed E-state index contributed by atoms with van der Waals surface area (Å²) in [4.78, 5) is 21.3. The number of rotatable bonds is 8. The normalized spacial score (nSPS) is 11.6. The molecule has 0 saturated heterocycles. The van der Waals surface area contributed by atoms with Crippen LogP contribution in [0.15, 0.2) is 36.4 Å². The van der Waals surface area contributed by atoms with Crippen LogP contribution in [-0.2, 0) is 10.9 Å². The number of fused-ring (bicyclic) bond motifs is 1. The van der Waals surface area contributed by atoms with Crippen LogP contribution in [0.2, 0.25) is 0 Å². The molecule has 1 amide bonds. The number of benzene rings is 1. The van der Waals surface area contributed by atoms with E-state index in [1.165, 1.54) is 6.07 Å². The summed E-state index contributed by atoms with van der Waals surface area (Å²) in [7, 11) is 1.56. The molecule has 4 rings (SSSR count). The largest absolute Gasteiger partial charge is 0.475 e. The number of aromatic nitrogens is 3. The van der Waals surface area contributed by atoms with E-state index in [9.17, 15) is 18.0 Å². The van der Waals surface area contributed by atoms with Gasteiger partial charge in [0, 0.05) is 13.2 Å². The first kappa shape index (κ1) is 23.9. The zero-order valence-corrected chi connectivity index (χ0v) is 19.5. The topological polar surface area (TPSA) is 98.3 Å². The smallest absolute Gasteiger partial charge is 0.418 e. The Morgan fingerprint density at radius 3 is 2.68 bits per heavy atom. The van der Waals surface area contributed by atoms with Crippen molar-refractivity contribution in [1.29, 1.82) is 0 Å². The molecule has 0 unspecified atom stereocenters. The van der Waals surface area contributed by atoms with Crippen molar-refractivity contribution in [3.05, 3.63) is 53.2 Å². The van der Waals surface area contributed by atoms with Gasteiger partial charge in [0.05, 0.1) is 33.6 Å². The maximum absolute atomic E-state index is 13.3. The van der Waals surface area contributed by atoms with Gasteiger partial charge in [-0.05, 0) is 36.7 Å². The van der Waals surface area contributed by atoms with E-state index in [0.29, 0.717) is 34.5 Å². The minimum absolute atomic E-state index is 0.149. The Morgan fingerprint density at radius 1 is 1.12 bits per heavy atom. The fourth-order valence-electron chi connectivity index (χ4n) is 3.02. The fraction of sp³-hybridized carbons (Fsp3) is 0.238. The minimum Gasteiger partial charge on any atom is -0.475 e. The number of thiazole rings is 1. The monoisotopic (exact) mass is 509 g/mol. The number of hydrogen-bond acceptors (Lipinski definition) is 9. The van der Waals surface area contributed by atoms with Crippen LogP contribution < -0.4 is 15.4 Å². The molecule has 2 N–H and O–H groups in total. The van der Waals surface area contributed by atoms with Crippen molar-refractivity contribution in [2.75, 3.05) is 31.0 Å². The predicted molar refractivity (Wildman–Crippen MR) is 124 cm³/mol. The Labute approximate surface area is 199 Å². The van der Waals surface area contributed by atoms with Gasteiger partial charge in [-0.25, -0.2) is 4.98 Å². The van der Waals surface area contributed by atoms with Gasteiger partial charge in [-0.15, -0.1) is 0 Å². The van der Waals surface area contributed by atoms with Crippen LogP contribution in [-0.4, -0.2) is 40.6 Å². The summed E-state index contributed by atoms with van der Waals surface area (Å²) in [5, 5.41) is 6.22. The lowest BCUT2D eigenvalue weighted by Crippen LogP contribution is -2.15. The first-order chi connectivity index (χ1) is 16.3. The molecule has 0 bridgehead atoms. The molecule has 0 aliphatic heterocycles. The van der Waals surface area contributed by atoms with E-state index in [1.54, 1.807) is 38.3 Å². The van der Waals surface area contributed by atoms with Crippen molar-refractivity contribution in [1.82, 2.24) is 14.3 Å². The Morgan fingerprint density at radius 2 is 1.91 bits per heavy atom. The third-order valence-electron chi connectivity index (χ3n) is 4.54. The van der Waals surface area contributed by atoms with Crippen LogP contribution in [0.5, 0.6) is 5.88 Å². The summed E-state index contributed by atoms with van der Waals surface area (Å²) in [6, 6.07) is 8.83. The number of methoxy groups -OCH3 is 1. The molecule has 3 aromatic heterocycles. The molecule has 0 saturated carbocycles. The second-order valence-electron chi connectivity index (χ2n) is 6.92. The second kappa shape index (κ2) is 9.91. The number of carbonyl (C=O) groups is 1. The molecule has 3 heterocycles. The van der Waals surface area contributed by atoms with E-state index < -0.39 is 17.6 Å². The zero-order chi connectivity index (χ0) is 24.3. The molecule has 0 spiro atoms. The van der Waals surface area contributed by atoms with Gasteiger partial charge < -0.3 is 20.1 Å². The Balaban J connectivity index is 1.55. The van der Waals surface area contributed by atoms with Gasteiger partial charge in [0.2, 0.25) is 5.88 Å². The number of amides is 1. The van der Waals surface area contributed by atoms with Gasteiger partial charge in [0.15, 0.2) is 5.13 Å². The van der Waals surface area contributed by atoms with Crippen molar-refractivity contribution < 1.29 is 27.4 Å². The molecule has 8 nitrogen and oxygen atoms in total. The lowest BCUT2D eigenvalue weighted by Gasteiger charge is -2.09. The highest BCUT2D eigenvalue weighted by molar-refractivity contribution is 7.22. The van der Waals surface area contributed by atoms with E-state index in [2.05, 4.69) is 25.0 Å². The van der Waals surface area contributed by atoms with Crippen LogP contribution in [0, 0.1) is 6.92 Å². The number of anilines is 3. The molecular weight excluding hydrogens is 491 g/mol. The zero-order valence-electron chi connectivity index (χ0n) is 17.9. The predicted octanol–water partition coefficient (Wildman–Crippen LogP) is 5.50. The molecule has 0 atom stereocenters. The highest BCUT2D eigenvalue weighted by Gasteiger charge is 2.34. The van der Waals surface area contributed by atoms with Gasteiger partial charge in [-0.3, -0.25) is 4.79 Å². The molecule has 13 heteroatoms. The molecule has 0 radical (unpaired) electrons. The number of aryl methyl sites for hydroxylation is 1. The Kier molecular flexibility index (Phi) is 6.95. The van der Waals surface area contributed by atoms with E-state index in [0.717, 1.165) is 28.9 Å². The quantitative estimate of drug-likeness (QED) is 0.303. The summed E-state index contributed by atoms with van der Waals surface area (Å²) in [6.07, 6.45) is -4.52. The lowest BCUT2D eigenvalue weighted by molar-refractivity contribution is -0.136. The van der Waals surface area contributed by atoms with Gasteiger partial charge in [-0.1, -0.05) is 23.5 Å². The van der Waals surface area contributed by atoms with E-state index >= 15 is 0 Å². The highest BCUT2D eigenvalue weighted by atomic mass is 32.1. The SMILES string of the molecule is COCCOc1cccc(NC(=O)c2c(C)nsc2Nc2nc3c(C(F)(F)F)cccc3s2)n1. The fourth-order valence-corrected chi connectivity index (χ4v) is 4.78. The minimum atomic E-state index is -4.52. The number of carbonyl (C=O) groups excluding carboxylic acids is 1. The number of pyridine rings is 1. The number of halogens is 3. The third kappa shape index (κ3) is 5.26. The summed E-state index contributed by atoms with van der Waals surface area (Å²) in [5.74, 6) is 0.113. The summed E-state index contributed by atoms with van der Waals surface area (Å²) >= 11 is 2.06. The molecule has 1 aromatic carbocycles. The van der Waals surface area contributed by atoms with Crippen molar-refractivity contribution in [3.8, 4) is 5.88 Å². The van der Waals surface area contributed by atoms with E-state index in [1.807, 2.05) is 0 Å². The first-order valence-corrected chi connectivity index (χ1v) is 11.5. The van der Waals surface area contributed by atoms with Gasteiger partial charge in [0.1, 0.15) is 17.4 Å². The lowest BCUT2D eigenvalue weighted by atomic mass is 10.2. The van der Waals surface area contributed by atoms with Gasteiger partial charge >= 0.3 is 6.18 Å². The average Bonchev–Trinajstić information content (AvgIpc) is 3.36. The van der Waals surface area contributed by atoms with Crippen LogP contribution in [0.25, 0.3) is 10.2 Å². The molecular formula is C21H18F3N5O3S2. The third-order valence-corrected chi connectivity index (χ3v) is 6.33. The second-order valence-corrected chi connectivity index (χ2v) is 8.73. The molecule has 4 aromatic rings. The maximum atomic E-state index is 13.3. The average molecular weight is 510 g/mol. The standard InChI is InChI=1S/C21H18F3N5O3S2/c1-11-16(18(30)26-14-7-4-8-15(25-14)32-10-9-31-2)19(34-29-11)28-20-27-17-12(21(22,23)24)5-3-6-13(17)33-20/h3-8H,9-10H2,1-2H3,(H,27,28)(H,25,26,30). The number of nitrogens with zero attached hydrogens (tertiary/aromatic N) is 3. The van der Waals surface area contributed by atoms with Gasteiger partial charge in [-0.2, -0.15) is 22.5 Å². The molecule has 0 aliphatic carbocycles. The van der Waals surface area contributed by atoms with Crippen LogP contribution in [0.1, 0.15) is 21.6 Å². The molecule has 0 fully saturated rings. The van der Waals surface area contributed by atoms with Crippen molar-refractivity contribution >= 4 is 54.9 Å². The molecule has 34 heavy (non-hydrogen) atoms. The van der Waals surface area contributed by atoms with E-state index in [-0.39, 0.29) is 22.0 Å². The van der Waals surface area contributed by atoms with Crippen LogP contribution >= 0.6 is 22.9 Å². The summed E-state index contributed by atoms with van der Waals surface area (Å²) in [5.41, 5.74) is -0.266. The van der Waals surface area contributed by atoms with Crippen LogP contribution in [0.4, 0.5) is 29.1 Å². The number of para-hydroxylation sites is 1. The molecule has 178 valence electrons. The summed E-state index contributed by atoms with van der Waals surface area (Å²) in [6.45, 7) is 2.36. The van der Waals surface area contributed by atoms with Crippen molar-refractivity contribution in [2.24, 2.45) is 0 Å². The Bertz CT molecular complexity index is 1320.